The molecular formula is C6H14O12P2. The Morgan fingerprint density at radius 2 is 1.55 bits per heavy atom. The first-order chi connectivity index (χ1) is 8.84. The van der Waals surface area contributed by atoms with Gasteiger partial charge in [0.2, 0.25) is 5.79 Å². The molecule has 0 bridgehead atoms. The summed E-state index contributed by atoms with van der Waals surface area (Å²) in [5.74, 6) is -2.66. The molecule has 0 aromatic rings. The fraction of sp³-hybridized carbons (Fsp3) is 1.00. The van der Waals surface area contributed by atoms with E-state index in [-0.39, 0.29) is 0 Å². The first-order valence-corrected chi connectivity index (χ1v) is 8.07. The summed E-state index contributed by atoms with van der Waals surface area (Å²) in [4.78, 5) is 33.9. The number of phosphoric ester groups is 2. The van der Waals surface area contributed by atoms with Crippen LogP contribution >= 0.6 is 15.6 Å². The van der Waals surface area contributed by atoms with Gasteiger partial charge in [-0.3, -0.25) is 9.05 Å². The molecule has 0 unspecified atom stereocenters. The molecule has 0 aromatic heterocycles. The van der Waals surface area contributed by atoms with Crippen molar-refractivity contribution in [2.24, 2.45) is 0 Å². The lowest BCUT2D eigenvalue weighted by Gasteiger charge is -2.25. The van der Waals surface area contributed by atoms with Gasteiger partial charge in [0.05, 0.1) is 6.61 Å². The van der Waals surface area contributed by atoms with Crippen LogP contribution in [0.25, 0.3) is 0 Å². The second-order valence-electron chi connectivity index (χ2n) is 3.99. The summed E-state index contributed by atoms with van der Waals surface area (Å²) in [6, 6.07) is 0. The molecule has 0 spiro atoms. The summed E-state index contributed by atoms with van der Waals surface area (Å²) < 4.78 is 33.6. The van der Waals surface area contributed by atoms with Gasteiger partial charge in [0.15, 0.2) is 0 Å². The van der Waals surface area contributed by atoms with Crippen LogP contribution in [0.1, 0.15) is 0 Å². The minimum absolute atomic E-state index is 0.874. The van der Waals surface area contributed by atoms with Crippen molar-refractivity contribution in [3.05, 3.63) is 0 Å². The van der Waals surface area contributed by atoms with E-state index in [1.54, 1.807) is 0 Å². The van der Waals surface area contributed by atoms with Crippen molar-refractivity contribution >= 4 is 15.6 Å². The number of rotatable bonds is 6. The lowest BCUT2D eigenvalue weighted by Crippen LogP contribution is -2.46. The van der Waals surface area contributed by atoms with E-state index in [2.05, 4.69) is 13.8 Å². The molecule has 1 rings (SSSR count). The Labute approximate surface area is 112 Å². The van der Waals surface area contributed by atoms with Gasteiger partial charge >= 0.3 is 15.6 Å². The van der Waals surface area contributed by atoms with E-state index in [0.717, 1.165) is 0 Å². The van der Waals surface area contributed by atoms with Gasteiger partial charge in [-0.25, -0.2) is 9.13 Å². The molecule has 1 aliphatic rings. The quantitative estimate of drug-likeness (QED) is 0.242. The molecule has 0 aliphatic carbocycles. The van der Waals surface area contributed by atoms with Gasteiger partial charge < -0.3 is 39.6 Å². The fourth-order valence-corrected chi connectivity index (χ4v) is 2.17. The molecule has 0 radical (unpaired) electrons. The summed E-state index contributed by atoms with van der Waals surface area (Å²) in [6.07, 6.45) is -5.38. The topological polar surface area (TPSA) is 203 Å². The Morgan fingerprint density at radius 3 is 2.00 bits per heavy atom. The standard InChI is InChI=1S/C6H14O12P2/c7-4-3(1-16-19(10,11)12)18-6(9,5(4)8)2-17-20(13,14)15/h3-5,7-9H,1-2H2,(H2,10,11,12)(H2,13,14,15)/t3-,4+,5-,6+/m0/s1. The molecule has 14 heteroatoms. The molecule has 0 aromatic carbocycles. The zero-order chi connectivity index (χ0) is 15.8. The average Bonchev–Trinajstić information content (AvgIpc) is 2.48. The van der Waals surface area contributed by atoms with E-state index < -0.39 is 53.0 Å². The van der Waals surface area contributed by atoms with Crippen molar-refractivity contribution in [1.82, 2.24) is 0 Å². The fourth-order valence-electron chi connectivity index (χ4n) is 1.47. The maximum atomic E-state index is 10.5. The molecule has 1 heterocycles. The molecule has 0 amide bonds. The Kier molecular flexibility index (Phi) is 5.48. The second kappa shape index (κ2) is 6.05. The highest BCUT2D eigenvalue weighted by atomic mass is 31.2. The van der Waals surface area contributed by atoms with Crippen LogP contribution in [-0.4, -0.2) is 72.2 Å². The highest BCUT2D eigenvalue weighted by molar-refractivity contribution is 7.46. The monoisotopic (exact) mass is 340 g/mol. The highest BCUT2D eigenvalue weighted by Crippen LogP contribution is 2.41. The van der Waals surface area contributed by atoms with Gasteiger partial charge in [-0.15, -0.1) is 0 Å². The van der Waals surface area contributed by atoms with Gasteiger partial charge in [-0.05, 0) is 0 Å². The zero-order valence-corrected chi connectivity index (χ0v) is 11.5. The van der Waals surface area contributed by atoms with Crippen molar-refractivity contribution in [3.8, 4) is 0 Å². The number of aliphatic hydroxyl groups is 3. The maximum absolute atomic E-state index is 10.5. The Morgan fingerprint density at radius 1 is 1.05 bits per heavy atom. The minimum Gasteiger partial charge on any atom is -0.387 e. The molecule has 7 N–H and O–H groups in total. The van der Waals surface area contributed by atoms with E-state index >= 15 is 0 Å². The van der Waals surface area contributed by atoms with Crippen molar-refractivity contribution in [3.63, 3.8) is 0 Å². The third kappa shape index (κ3) is 5.11. The molecule has 20 heavy (non-hydrogen) atoms. The summed E-state index contributed by atoms with van der Waals surface area (Å²) in [5.41, 5.74) is 0. The van der Waals surface area contributed by atoms with E-state index in [1.165, 1.54) is 0 Å². The third-order valence-corrected chi connectivity index (χ3v) is 3.32. The summed E-state index contributed by atoms with van der Waals surface area (Å²) in [6.45, 7) is -2.05. The van der Waals surface area contributed by atoms with Gasteiger partial charge in [-0.1, -0.05) is 0 Å². The smallest absolute Gasteiger partial charge is 0.387 e. The van der Waals surface area contributed by atoms with Crippen molar-refractivity contribution in [2.75, 3.05) is 13.2 Å². The summed E-state index contributed by atoms with van der Waals surface area (Å²) in [5, 5.41) is 28.8. The lowest BCUT2D eigenvalue weighted by atomic mass is 10.1. The van der Waals surface area contributed by atoms with Crippen molar-refractivity contribution in [2.45, 2.75) is 24.1 Å². The van der Waals surface area contributed by atoms with Crippen LogP contribution in [-0.2, 0) is 22.9 Å². The van der Waals surface area contributed by atoms with Crippen molar-refractivity contribution < 1.29 is 57.8 Å². The van der Waals surface area contributed by atoms with Gasteiger partial charge in [0.25, 0.3) is 0 Å². The lowest BCUT2D eigenvalue weighted by molar-refractivity contribution is -0.245. The van der Waals surface area contributed by atoms with Gasteiger partial charge in [0.1, 0.15) is 24.9 Å². The number of ether oxygens (including phenoxy) is 1. The molecule has 1 aliphatic heterocycles. The maximum Gasteiger partial charge on any atom is 0.469 e. The number of hydrogen-bond donors (Lipinski definition) is 7. The van der Waals surface area contributed by atoms with E-state index in [4.69, 9.17) is 19.6 Å². The molecule has 1 saturated heterocycles. The Bertz CT molecular complexity index is 428. The van der Waals surface area contributed by atoms with Crippen LogP contribution in [0.3, 0.4) is 0 Å². The molecule has 120 valence electrons. The van der Waals surface area contributed by atoms with E-state index in [0.29, 0.717) is 0 Å². The van der Waals surface area contributed by atoms with Crippen LogP contribution in [0.2, 0.25) is 0 Å². The Balaban J connectivity index is 2.67. The predicted octanol–water partition coefficient (Wildman–Crippen LogP) is -2.99. The molecule has 0 saturated carbocycles. The average molecular weight is 340 g/mol. The molecule has 4 atom stereocenters. The van der Waals surface area contributed by atoms with Crippen LogP contribution in [0.4, 0.5) is 0 Å². The normalized spacial score (nSPS) is 35.5. The molecule has 1 fully saturated rings. The van der Waals surface area contributed by atoms with Gasteiger partial charge in [0, 0.05) is 0 Å². The minimum atomic E-state index is -4.96. The third-order valence-electron chi connectivity index (χ3n) is 2.37. The SMILES string of the molecule is O=P(O)(O)OC[C@@H]1O[C@](O)(COP(=O)(O)O)[C@@H](O)[C@@H]1O. The number of aliphatic hydroxyl groups excluding tert-OH is 2. The zero-order valence-electron chi connectivity index (χ0n) is 9.71. The van der Waals surface area contributed by atoms with E-state index in [9.17, 15) is 24.4 Å². The number of hydrogen-bond acceptors (Lipinski definition) is 8. The summed E-state index contributed by atoms with van der Waals surface area (Å²) in [7, 11) is -9.82. The van der Waals surface area contributed by atoms with Crippen LogP contribution in [0, 0.1) is 0 Å². The van der Waals surface area contributed by atoms with Crippen LogP contribution in [0.5, 0.6) is 0 Å². The summed E-state index contributed by atoms with van der Waals surface area (Å²) >= 11 is 0. The largest absolute Gasteiger partial charge is 0.469 e. The van der Waals surface area contributed by atoms with Crippen molar-refractivity contribution in [1.29, 1.82) is 0 Å². The molecular weight excluding hydrogens is 326 g/mol. The predicted molar refractivity (Wildman–Crippen MR) is 57.8 cm³/mol. The molecule has 12 nitrogen and oxygen atoms in total. The number of phosphoric acid groups is 2. The van der Waals surface area contributed by atoms with E-state index in [1.807, 2.05) is 0 Å². The highest BCUT2D eigenvalue weighted by Gasteiger charge is 2.54. The first-order valence-electron chi connectivity index (χ1n) is 5.00. The van der Waals surface area contributed by atoms with Crippen LogP contribution < -0.4 is 0 Å². The first kappa shape index (κ1) is 18.1. The Hall–Kier alpha value is 0.0600. The van der Waals surface area contributed by atoms with Crippen LogP contribution in [0.15, 0.2) is 0 Å². The van der Waals surface area contributed by atoms with Gasteiger partial charge in [-0.2, -0.15) is 0 Å². The second-order valence-corrected chi connectivity index (χ2v) is 6.47.